The maximum absolute atomic E-state index is 12.9. The fourth-order valence-electron chi connectivity index (χ4n) is 1.69. The van der Waals surface area contributed by atoms with E-state index in [0.29, 0.717) is 16.5 Å². The van der Waals surface area contributed by atoms with Crippen molar-refractivity contribution in [2.24, 2.45) is 0 Å². The summed E-state index contributed by atoms with van der Waals surface area (Å²) in [5.41, 5.74) is 1.44. The van der Waals surface area contributed by atoms with Gasteiger partial charge in [0.1, 0.15) is 22.8 Å². The van der Waals surface area contributed by atoms with Crippen molar-refractivity contribution >= 4 is 17.3 Å². The standard InChI is InChI=1S/C14H8FNO3S/c15-10-3-1-8(2-4-10)13-16-11(7-20-13)12-5-9(6-19-12)14(17)18/h1-7H,(H,17,18). The first-order valence-electron chi connectivity index (χ1n) is 5.67. The van der Waals surface area contributed by atoms with Gasteiger partial charge in [0.2, 0.25) is 0 Å². The Kier molecular flexibility index (Phi) is 3.08. The highest BCUT2D eigenvalue weighted by molar-refractivity contribution is 7.13. The summed E-state index contributed by atoms with van der Waals surface area (Å²) >= 11 is 1.38. The van der Waals surface area contributed by atoms with E-state index in [1.54, 1.807) is 17.5 Å². The molecule has 0 amide bonds. The number of furan rings is 1. The summed E-state index contributed by atoms with van der Waals surface area (Å²) < 4.78 is 18.0. The van der Waals surface area contributed by atoms with Crippen molar-refractivity contribution in [3.8, 4) is 22.0 Å². The van der Waals surface area contributed by atoms with Gasteiger partial charge in [0.15, 0.2) is 5.76 Å². The molecule has 0 bridgehead atoms. The van der Waals surface area contributed by atoms with Gasteiger partial charge in [-0.25, -0.2) is 14.2 Å². The molecule has 2 aromatic heterocycles. The molecule has 0 aliphatic rings. The van der Waals surface area contributed by atoms with E-state index in [1.165, 1.54) is 35.8 Å². The molecular formula is C14H8FNO3S. The van der Waals surface area contributed by atoms with Crippen LogP contribution in [0.1, 0.15) is 10.4 Å². The molecule has 0 saturated heterocycles. The highest BCUT2D eigenvalue weighted by atomic mass is 32.1. The topological polar surface area (TPSA) is 63.3 Å². The third-order valence-electron chi connectivity index (χ3n) is 2.69. The number of aromatic carboxylic acids is 1. The van der Waals surface area contributed by atoms with Crippen LogP contribution in [-0.4, -0.2) is 16.1 Å². The van der Waals surface area contributed by atoms with Gasteiger partial charge in [0, 0.05) is 17.0 Å². The van der Waals surface area contributed by atoms with Crippen LogP contribution in [0, 0.1) is 5.82 Å². The number of rotatable bonds is 3. The normalized spacial score (nSPS) is 10.7. The van der Waals surface area contributed by atoms with Crippen LogP contribution in [0.25, 0.3) is 22.0 Å². The van der Waals surface area contributed by atoms with Crippen molar-refractivity contribution < 1.29 is 18.7 Å². The van der Waals surface area contributed by atoms with Gasteiger partial charge in [-0.15, -0.1) is 11.3 Å². The second-order valence-electron chi connectivity index (χ2n) is 4.05. The Labute approximate surface area is 117 Å². The van der Waals surface area contributed by atoms with Gasteiger partial charge in [0.25, 0.3) is 0 Å². The summed E-state index contributed by atoms with van der Waals surface area (Å²) in [6.07, 6.45) is 1.18. The van der Waals surface area contributed by atoms with Crippen molar-refractivity contribution in [1.29, 1.82) is 0 Å². The molecular weight excluding hydrogens is 281 g/mol. The van der Waals surface area contributed by atoms with Crippen molar-refractivity contribution in [3.05, 3.63) is 53.4 Å². The van der Waals surface area contributed by atoms with Gasteiger partial charge in [-0.2, -0.15) is 0 Å². The van der Waals surface area contributed by atoms with E-state index in [-0.39, 0.29) is 11.4 Å². The van der Waals surface area contributed by atoms with E-state index in [9.17, 15) is 9.18 Å². The van der Waals surface area contributed by atoms with E-state index in [4.69, 9.17) is 9.52 Å². The SMILES string of the molecule is O=C(O)c1coc(-c2csc(-c3ccc(F)cc3)n2)c1. The summed E-state index contributed by atoms with van der Waals surface area (Å²) in [4.78, 5) is 15.2. The number of benzene rings is 1. The average Bonchev–Trinajstić information content (AvgIpc) is 3.08. The van der Waals surface area contributed by atoms with Crippen LogP contribution in [0.15, 0.2) is 46.4 Å². The van der Waals surface area contributed by atoms with Crippen LogP contribution in [0.2, 0.25) is 0 Å². The lowest BCUT2D eigenvalue weighted by atomic mass is 10.2. The summed E-state index contributed by atoms with van der Waals surface area (Å²) in [5, 5.41) is 11.3. The summed E-state index contributed by atoms with van der Waals surface area (Å²) in [6, 6.07) is 7.44. The Morgan fingerprint density at radius 1 is 1.30 bits per heavy atom. The molecule has 1 aromatic carbocycles. The van der Waals surface area contributed by atoms with Crippen molar-refractivity contribution in [3.63, 3.8) is 0 Å². The number of nitrogens with zero attached hydrogens (tertiary/aromatic N) is 1. The number of aromatic nitrogens is 1. The smallest absolute Gasteiger partial charge is 0.338 e. The molecule has 3 rings (SSSR count). The molecule has 0 radical (unpaired) electrons. The molecule has 0 atom stereocenters. The van der Waals surface area contributed by atoms with E-state index < -0.39 is 5.97 Å². The van der Waals surface area contributed by atoms with Crippen LogP contribution in [0.3, 0.4) is 0 Å². The van der Waals surface area contributed by atoms with E-state index in [1.807, 2.05) is 0 Å². The minimum Gasteiger partial charge on any atom is -0.478 e. The van der Waals surface area contributed by atoms with Gasteiger partial charge in [-0.1, -0.05) is 0 Å². The minimum atomic E-state index is -1.05. The number of carbonyl (C=O) groups is 1. The molecule has 2 heterocycles. The molecule has 1 N–H and O–H groups in total. The number of hydrogen-bond acceptors (Lipinski definition) is 4. The first-order chi connectivity index (χ1) is 9.63. The van der Waals surface area contributed by atoms with Crippen LogP contribution in [0.4, 0.5) is 4.39 Å². The Balaban J connectivity index is 1.93. The minimum absolute atomic E-state index is 0.0799. The molecule has 0 unspecified atom stereocenters. The lowest BCUT2D eigenvalue weighted by Crippen LogP contribution is -1.91. The van der Waals surface area contributed by atoms with Gasteiger partial charge in [-0.05, 0) is 24.3 Å². The van der Waals surface area contributed by atoms with Gasteiger partial charge < -0.3 is 9.52 Å². The molecule has 0 aliphatic heterocycles. The quantitative estimate of drug-likeness (QED) is 0.794. The maximum Gasteiger partial charge on any atom is 0.338 e. The predicted molar refractivity (Wildman–Crippen MR) is 72.2 cm³/mol. The van der Waals surface area contributed by atoms with Crippen LogP contribution < -0.4 is 0 Å². The summed E-state index contributed by atoms with van der Waals surface area (Å²) in [6.45, 7) is 0. The van der Waals surface area contributed by atoms with Gasteiger partial charge in [-0.3, -0.25) is 0 Å². The second kappa shape index (κ2) is 4.90. The molecule has 20 heavy (non-hydrogen) atoms. The Bertz CT molecular complexity index is 761. The Morgan fingerprint density at radius 3 is 2.70 bits per heavy atom. The van der Waals surface area contributed by atoms with Gasteiger partial charge >= 0.3 is 5.97 Å². The molecule has 0 aliphatic carbocycles. The average molecular weight is 289 g/mol. The molecule has 0 saturated carbocycles. The second-order valence-corrected chi connectivity index (χ2v) is 4.91. The van der Waals surface area contributed by atoms with Crippen molar-refractivity contribution in [1.82, 2.24) is 4.98 Å². The first-order valence-corrected chi connectivity index (χ1v) is 6.55. The summed E-state index contributed by atoms with van der Waals surface area (Å²) in [7, 11) is 0. The molecule has 0 fully saturated rings. The highest BCUT2D eigenvalue weighted by Crippen LogP contribution is 2.29. The van der Waals surface area contributed by atoms with Crippen LogP contribution in [-0.2, 0) is 0 Å². The third-order valence-corrected chi connectivity index (χ3v) is 3.59. The third kappa shape index (κ3) is 2.33. The molecule has 100 valence electrons. The molecule has 4 nitrogen and oxygen atoms in total. The lowest BCUT2D eigenvalue weighted by Gasteiger charge is -1.94. The molecule has 3 aromatic rings. The Hall–Kier alpha value is -2.47. The molecule has 6 heteroatoms. The number of halogens is 1. The zero-order valence-electron chi connectivity index (χ0n) is 10.0. The maximum atomic E-state index is 12.9. The number of thiazole rings is 1. The monoisotopic (exact) mass is 289 g/mol. The van der Waals surface area contributed by atoms with E-state index in [0.717, 1.165) is 5.56 Å². The molecule has 0 spiro atoms. The Morgan fingerprint density at radius 2 is 2.05 bits per heavy atom. The van der Waals surface area contributed by atoms with E-state index in [2.05, 4.69) is 4.98 Å². The van der Waals surface area contributed by atoms with Crippen molar-refractivity contribution in [2.75, 3.05) is 0 Å². The van der Waals surface area contributed by atoms with Gasteiger partial charge in [0.05, 0.1) is 5.56 Å². The fourth-order valence-corrected chi connectivity index (χ4v) is 2.51. The van der Waals surface area contributed by atoms with Crippen LogP contribution in [0.5, 0.6) is 0 Å². The fraction of sp³-hybridized carbons (Fsp3) is 0. The van der Waals surface area contributed by atoms with Crippen molar-refractivity contribution in [2.45, 2.75) is 0 Å². The number of hydrogen-bond donors (Lipinski definition) is 1. The zero-order chi connectivity index (χ0) is 14.1. The zero-order valence-corrected chi connectivity index (χ0v) is 10.9. The van der Waals surface area contributed by atoms with Crippen LogP contribution >= 0.6 is 11.3 Å². The number of carboxylic acids is 1. The number of carboxylic acid groups (broad SMARTS) is 1. The van der Waals surface area contributed by atoms with E-state index >= 15 is 0 Å². The highest BCUT2D eigenvalue weighted by Gasteiger charge is 2.13. The summed E-state index contributed by atoms with van der Waals surface area (Å²) in [5.74, 6) is -0.955. The lowest BCUT2D eigenvalue weighted by molar-refractivity contribution is 0.0696. The largest absolute Gasteiger partial charge is 0.478 e. The predicted octanol–water partition coefficient (Wildman–Crippen LogP) is 3.91. The first kappa shape index (κ1) is 12.6.